The van der Waals surface area contributed by atoms with E-state index in [0.717, 1.165) is 16.6 Å². The summed E-state index contributed by atoms with van der Waals surface area (Å²) in [6.07, 6.45) is 1.94. The molecule has 0 amide bonds. The average Bonchev–Trinajstić information content (AvgIpc) is 3.06. The van der Waals surface area contributed by atoms with Gasteiger partial charge in [0.15, 0.2) is 11.5 Å². The number of nitrogens with zero attached hydrogens (tertiary/aromatic N) is 5. The van der Waals surface area contributed by atoms with Crippen molar-refractivity contribution in [3.05, 3.63) is 41.6 Å². The Bertz CT molecular complexity index is 984. The van der Waals surface area contributed by atoms with Gasteiger partial charge in [-0.2, -0.15) is 4.52 Å². The summed E-state index contributed by atoms with van der Waals surface area (Å²) in [6.45, 7) is 0. The summed E-state index contributed by atoms with van der Waals surface area (Å²) < 4.78 is 3.49. The topological polar surface area (TPSA) is 74.0 Å². The highest BCUT2D eigenvalue weighted by Gasteiger charge is 2.14. The second kappa shape index (κ2) is 4.20. The first-order valence-electron chi connectivity index (χ1n) is 6.37. The van der Waals surface area contributed by atoms with Crippen LogP contribution in [-0.4, -0.2) is 24.1 Å². The van der Waals surface area contributed by atoms with Gasteiger partial charge in [0.2, 0.25) is 5.95 Å². The molecule has 0 aliphatic heterocycles. The Labute approximate surface area is 124 Å². The van der Waals surface area contributed by atoms with Crippen molar-refractivity contribution in [1.29, 1.82) is 0 Å². The van der Waals surface area contributed by atoms with Crippen molar-refractivity contribution in [2.75, 3.05) is 5.73 Å². The predicted octanol–water partition coefficient (Wildman–Crippen LogP) is 2.52. The van der Waals surface area contributed by atoms with Crippen molar-refractivity contribution in [2.24, 2.45) is 7.05 Å². The summed E-state index contributed by atoms with van der Waals surface area (Å²) in [5.74, 6) is 0.899. The monoisotopic (exact) mass is 298 g/mol. The summed E-state index contributed by atoms with van der Waals surface area (Å²) in [4.78, 5) is 8.93. The molecule has 2 N–H and O–H groups in total. The lowest BCUT2D eigenvalue weighted by Gasteiger charge is -2.02. The van der Waals surface area contributed by atoms with Gasteiger partial charge in [0.05, 0.1) is 11.2 Å². The predicted molar refractivity (Wildman–Crippen MR) is 82.1 cm³/mol. The van der Waals surface area contributed by atoms with Crippen LogP contribution >= 0.6 is 11.6 Å². The fraction of sp³-hybridized carbons (Fsp3) is 0.0714. The van der Waals surface area contributed by atoms with Crippen molar-refractivity contribution in [1.82, 2.24) is 24.1 Å². The van der Waals surface area contributed by atoms with Crippen molar-refractivity contribution in [2.45, 2.75) is 0 Å². The van der Waals surface area contributed by atoms with Crippen LogP contribution in [0, 0.1) is 0 Å². The zero-order chi connectivity index (χ0) is 14.6. The number of aryl methyl sites for hydroxylation is 1. The number of hydrogen-bond acceptors (Lipinski definition) is 4. The number of fused-ring (bicyclic) bond motifs is 3. The Morgan fingerprint density at radius 2 is 2.05 bits per heavy atom. The molecule has 0 spiro atoms. The first kappa shape index (κ1) is 12.2. The maximum absolute atomic E-state index is 6.07. The molecule has 4 aromatic rings. The molecule has 3 aromatic heterocycles. The largest absolute Gasteiger partial charge is 0.368 e. The second-order valence-electron chi connectivity index (χ2n) is 4.81. The summed E-state index contributed by atoms with van der Waals surface area (Å²) in [7, 11) is 1.94. The number of nitrogen functional groups attached to an aromatic ring is 1. The van der Waals surface area contributed by atoms with Gasteiger partial charge in [0, 0.05) is 23.7 Å². The Morgan fingerprint density at radius 1 is 1.19 bits per heavy atom. The van der Waals surface area contributed by atoms with Gasteiger partial charge in [-0.15, -0.1) is 5.10 Å². The fourth-order valence-corrected chi connectivity index (χ4v) is 2.58. The van der Waals surface area contributed by atoms with E-state index in [2.05, 4.69) is 15.1 Å². The van der Waals surface area contributed by atoms with E-state index in [0.29, 0.717) is 22.4 Å². The lowest BCUT2D eigenvalue weighted by atomic mass is 10.2. The minimum Gasteiger partial charge on any atom is -0.368 e. The molecule has 0 saturated carbocycles. The Kier molecular flexibility index (Phi) is 2.43. The summed E-state index contributed by atoms with van der Waals surface area (Å²) >= 11 is 6.07. The van der Waals surface area contributed by atoms with E-state index in [4.69, 9.17) is 17.3 Å². The van der Waals surface area contributed by atoms with Crippen molar-refractivity contribution in [3.8, 4) is 11.5 Å². The molecule has 3 heterocycles. The van der Waals surface area contributed by atoms with Crippen LogP contribution in [0.4, 0.5) is 5.95 Å². The van der Waals surface area contributed by atoms with Gasteiger partial charge in [-0.1, -0.05) is 11.6 Å². The van der Waals surface area contributed by atoms with E-state index in [9.17, 15) is 0 Å². The van der Waals surface area contributed by atoms with Gasteiger partial charge in [-0.25, -0.2) is 9.97 Å². The van der Waals surface area contributed by atoms with E-state index >= 15 is 0 Å². The molecular weight excluding hydrogens is 288 g/mol. The molecule has 1 aromatic carbocycles. The maximum atomic E-state index is 6.07. The third-order valence-electron chi connectivity index (χ3n) is 3.43. The molecule has 4 rings (SSSR count). The van der Waals surface area contributed by atoms with E-state index in [-0.39, 0.29) is 0 Å². The SMILES string of the molecule is Cn1cccc1-c1nc2c3cc(Cl)ccc3nc(N)n2n1. The van der Waals surface area contributed by atoms with Crippen LogP contribution < -0.4 is 5.73 Å². The Hall–Kier alpha value is -2.60. The number of anilines is 1. The molecule has 7 heteroatoms. The minimum atomic E-state index is 0.299. The maximum Gasteiger partial charge on any atom is 0.223 e. The number of hydrogen-bond donors (Lipinski definition) is 1. The van der Waals surface area contributed by atoms with Crippen LogP contribution in [0.1, 0.15) is 0 Å². The van der Waals surface area contributed by atoms with Gasteiger partial charge in [-0.05, 0) is 30.3 Å². The molecular formula is C14H11ClN6. The van der Waals surface area contributed by atoms with Gasteiger partial charge in [0.25, 0.3) is 0 Å². The molecule has 0 saturated heterocycles. The summed E-state index contributed by atoms with van der Waals surface area (Å²) in [5.41, 5.74) is 8.28. The molecule has 0 aliphatic rings. The van der Waals surface area contributed by atoms with Gasteiger partial charge in [-0.3, -0.25) is 0 Å². The Morgan fingerprint density at radius 3 is 2.81 bits per heavy atom. The van der Waals surface area contributed by atoms with Crippen LogP contribution in [0.25, 0.3) is 28.1 Å². The summed E-state index contributed by atoms with van der Waals surface area (Å²) in [5, 5.41) is 5.90. The highest BCUT2D eigenvalue weighted by Crippen LogP contribution is 2.25. The summed E-state index contributed by atoms with van der Waals surface area (Å²) in [6, 6.07) is 9.32. The number of aromatic nitrogens is 5. The Balaban J connectivity index is 2.11. The third-order valence-corrected chi connectivity index (χ3v) is 3.67. The molecule has 0 atom stereocenters. The molecule has 0 unspecified atom stereocenters. The highest BCUT2D eigenvalue weighted by atomic mass is 35.5. The normalized spacial score (nSPS) is 11.5. The van der Waals surface area contributed by atoms with Crippen LogP contribution in [0.5, 0.6) is 0 Å². The van der Waals surface area contributed by atoms with E-state index in [1.807, 2.05) is 42.1 Å². The molecule has 21 heavy (non-hydrogen) atoms. The first-order valence-corrected chi connectivity index (χ1v) is 6.74. The molecule has 0 fully saturated rings. The minimum absolute atomic E-state index is 0.299. The van der Waals surface area contributed by atoms with Crippen LogP contribution in [0.15, 0.2) is 36.5 Å². The highest BCUT2D eigenvalue weighted by molar-refractivity contribution is 6.31. The zero-order valence-corrected chi connectivity index (χ0v) is 11.9. The first-order chi connectivity index (χ1) is 10.1. The number of benzene rings is 1. The van der Waals surface area contributed by atoms with Crippen LogP contribution in [0.2, 0.25) is 5.02 Å². The number of halogens is 1. The fourth-order valence-electron chi connectivity index (χ4n) is 2.40. The third kappa shape index (κ3) is 1.76. The van der Waals surface area contributed by atoms with E-state index < -0.39 is 0 Å². The quantitative estimate of drug-likeness (QED) is 0.586. The number of nitrogens with two attached hydrogens (primary N) is 1. The second-order valence-corrected chi connectivity index (χ2v) is 5.24. The number of rotatable bonds is 1. The van der Waals surface area contributed by atoms with Crippen molar-refractivity contribution in [3.63, 3.8) is 0 Å². The molecule has 6 nitrogen and oxygen atoms in total. The van der Waals surface area contributed by atoms with Gasteiger partial charge >= 0.3 is 0 Å². The van der Waals surface area contributed by atoms with Crippen molar-refractivity contribution < 1.29 is 0 Å². The smallest absolute Gasteiger partial charge is 0.223 e. The average molecular weight is 299 g/mol. The molecule has 0 radical (unpaired) electrons. The van der Waals surface area contributed by atoms with Crippen molar-refractivity contribution >= 4 is 34.1 Å². The molecule has 104 valence electrons. The standard InChI is InChI=1S/C14H11ClN6/c1-20-6-2-3-11(20)12-18-13-9-7-8(15)4-5-10(9)17-14(16)21(13)19-12/h2-7H,1H3,(H2,16,17). The van der Waals surface area contributed by atoms with E-state index in [1.165, 1.54) is 0 Å². The zero-order valence-electron chi connectivity index (χ0n) is 11.2. The van der Waals surface area contributed by atoms with Gasteiger partial charge < -0.3 is 10.3 Å². The molecule has 0 bridgehead atoms. The van der Waals surface area contributed by atoms with Crippen LogP contribution in [-0.2, 0) is 7.05 Å². The lowest BCUT2D eigenvalue weighted by Crippen LogP contribution is -2.02. The van der Waals surface area contributed by atoms with Crippen LogP contribution in [0.3, 0.4) is 0 Å². The van der Waals surface area contributed by atoms with E-state index in [1.54, 1.807) is 10.6 Å². The lowest BCUT2D eigenvalue weighted by molar-refractivity contribution is 0.905. The molecule has 0 aliphatic carbocycles. The van der Waals surface area contributed by atoms with Gasteiger partial charge in [0.1, 0.15) is 0 Å².